The van der Waals surface area contributed by atoms with Crippen LogP contribution in [0.2, 0.25) is 5.02 Å². The number of Topliss-reactive ketones (excluding diaryl/α,β-unsaturated/α-hetero) is 1. The van der Waals surface area contributed by atoms with Crippen LogP contribution in [0.1, 0.15) is 27.0 Å². The Morgan fingerprint density at radius 2 is 1.74 bits per heavy atom. The summed E-state index contributed by atoms with van der Waals surface area (Å²) in [7, 11) is 0. The van der Waals surface area contributed by atoms with Gasteiger partial charge >= 0.3 is 0 Å². The molecule has 0 aliphatic heterocycles. The number of carbonyl (C=O) groups excluding carboxylic acids is 1. The van der Waals surface area contributed by atoms with E-state index in [2.05, 4.69) is 15.9 Å². The van der Waals surface area contributed by atoms with E-state index in [0.717, 1.165) is 21.2 Å². The predicted molar refractivity (Wildman–Crippen MR) is 83.1 cm³/mol. The Morgan fingerprint density at radius 3 is 2.37 bits per heavy atom. The topological polar surface area (TPSA) is 17.1 Å². The summed E-state index contributed by atoms with van der Waals surface area (Å²) in [5.74, 6) is 0.0672. The van der Waals surface area contributed by atoms with Gasteiger partial charge in [0.25, 0.3) is 0 Å². The lowest BCUT2D eigenvalue weighted by molar-refractivity contribution is 0.0992. The summed E-state index contributed by atoms with van der Waals surface area (Å²) in [5, 5.41) is 0.650. The molecular formula is C16H14BrClO. The van der Waals surface area contributed by atoms with Crippen LogP contribution in [-0.4, -0.2) is 5.78 Å². The molecule has 19 heavy (non-hydrogen) atoms. The van der Waals surface area contributed by atoms with Crippen LogP contribution in [-0.2, 0) is 6.42 Å². The molecule has 2 aromatic carbocycles. The van der Waals surface area contributed by atoms with E-state index in [9.17, 15) is 4.79 Å². The fourth-order valence-electron chi connectivity index (χ4n) is 1.91. The molecule has 0 atom stereocenters. The van der Waals surface area contributed by atoms with Crippen molar-refractivity contribution >= 4 is 33.3 Å². The highest BCUT2D eigenvalue weighted by molar-refractivity contribution is 9.10. The normalized spacial score (nSPS) is 10.5. The largest absolute Gasteiger partial charge is 0.294 e. The lowest BCUT2D eigenvalue weighted by atomic mass is 10.0. The Labute approximate surface area is 126 Å². The molecule has 0 aliphatic carbocycles. The van der Waals surface area contributed by atoms with E-state index < -0.39 is 0 Å². The van der Waals surface area contributed by atoms with Gasteiger partial charge in [0.15, 0.2) is 5.78 Å². The van der Waals surface area contributed by atoms with Crippen LogP contribution in [0.25, 0.3) is 0 Å². The Morgan fingerprint density at radius 1 is 1.11 bits per heavy atom. The molecule has 0 heterocycles. The Balaban J connectivity index is 2.25. The second-order valence-corrected chi connectivity index (χ2v) is 5.94. The lowest BCUT2D eigenvalue weighted by Gasteiger charge is -2.07. The smallest absolute Gasteiger partial charge is 0.168 e. The standard InChI is InChI=1S/C16H14BrClO/c1-10-4-6-13(14(17)7-10)16(19)9-12-5-3-11(2)8-15(12)18/h3-8H,9H2,1-2H3. The molecular weight excluding hydrogens is 324 g/mol. The maximum Gasteiger partial charge on any atom is 0.168 e. The van der Waals surface area contributed by atoms with E-state index in [1.165, 1.54) is 0 Å². The third kappa shape index (κ3) is 3.46. The third-order valence-corrected chi connectivity index (χ3v) is 3.99. The number of halogens is 2. The molecule has 0 radical (unpaired) electrons. The third-order valence-electron chi connectivity index (χ3n) is 2.98. The number of rotatable bonds is 3. The van der Waals surface area contributed by atoms with Crippen molar-refractivity contribution in [1.29, 1.82) is 0 Å². The van der Waals surface area contributed by atoms with Gasteiger partial charge in [0.2, 0.25) is 0 Å². The number of benzene rings is 2. The monoisotopic (exact) mass is 336 g/mol. The van der Waals surface area contributed by atoms with Gasteiger partial charge in [0.05, 0.1) is 0 Å². The van der Waals surface area contributed by atoms with Crippen LogP contribution in [0.3, 0.4) is 0 Å². The highest BCUT2D eigenvalue weighted by atomic mass is 79.9. The van der Waals surface area contributed by atoms with Crippen LogP contribution in [0, 0.1) is 13.8 Å². The number of carbonyl (C=O) groups is 1. The summed E-state index contributed by atoms with van der Waals surface area (Å²) in [6, 6.07) is 11.5. The Bertz CT molecular complexity index is 635. The van der Waals surface area contributed by atoms with Crippen molar-refractivity contribution in [1.82, 2.24) is 0 Å². The summed E-state index contributed by atoms with van der Waals surface area (Å²) in [6.07, 6.45) is 0.320. The van der Waals surface area contributed by atoms with Crippen molar-refractivity contribution in [2.45, 2.75) is 20.3 Å². The zero-order chi connectivity index (χ0) is 14.0. The average molecular weight is 338 g/mol. The molecule has 0 saturated carbocycles. The highest BCUT2D eigenvalue weighted by Gasteiger charge is 2.12. The molecule has 0 saturated heterocycles. The van der Waals surface area contributed by atoms with Gasteiger partial charge in [-0.2, -0.15) is 0 Å². The second kappa shape index (κ2) is 5.89. The number of ketones is 1. The van der Waals surface area contributed by atoms with Gasteiger partial charge in [-0.15, -0.1) is 0 Å². The zero-order valence-electron chi connectivity index (χ0n) is 10.8. The predicted octanol–water partition coefficient (Wildman–Crippen LogP) is 5.14. The van der Waals surface area contributed by atoms with Crippen LogP contribution >= 0.6 is 27.5 Å². The summed E-state index contributed by atoms with van der Waals surface area (Å²) in [6.45, 7) is 3.98. The molecule has 2 aromatic rings. The first-order valence-corrected chi connectivity index (χ1v) is 7.19. The summed E-state index contributed by atoms with van der Waals surface area (Å²) in [5.41, 5.74) is 3.78. The molecule has 0 bridgehead atoms. The number of hydrogen-bond acceptors (Lipinski definition) is 1. The highest BCUT2D eigenvalue weighted by Crippen LogP contribution is 2.23. The van der Waals surface area contributed by atoms with Crippen molar-refractivity contribution in [2.75, 3.05) is 0 Å². The van der Waals surface area contributed by atoms with E-state index in [4.69, 9.17) is 11.6 Å². The van der Waals surface area contributed by atoms with E-state index in [1.807, 2.05) is 50.2 Å². The van der Waals surface area contributed by atoms with Gasteiger partial charge < -0.3 is 0 Å². The molecule has 0 aliphatic rings. The minimum absolute atomic E-state index is 0.0672. The van der Waals surface area contributed by atoms with Gasteiger partial charge in [0, 0.05) is 21.5 Å². The van der Waals surface area contributed by atoms with Crippen LogP contribution in [0.5, 0.6) is 0 Å². The minimum atomic E-state index is 0.0672. The SMILES string of the molecule is Cc1ccc(CC(=O)c2ccc(C)cc2Br)c(Cl)c1. The van der Waals surface area contributed by atoms with Crippen molar-refractivity contribution in [3.05, 3.63) is 68.1 Å². The first-order valence-electron chi connectivity index (χ1n) is 6.02. The molecule has 3 heteroatoms. The fraction of sp³-hybridized carbons (Fsp3) is 0.188. The molecule has 1 nitrogen and oxygen atoms in total. The fourth-order valence-corrected chi connectivity index (χ4v) is 2.93. The quantitative estimate of drug-likeness (QED) is 0.708. The summed E-state index contributed by atoms with van der Waals surface area (Å²) < 4.78 is 0.834. The molecule has 0 unspecified atom stereocenters. The molecule has 0 spiro atoms. The van der Waals surface area contributed by atoms with E-state index >= 15 is 0 Å². The van der Waals surface area contributed by atoms with Crippen LogP contribution in [0.15, 0.2) is 40.9 Å². The number of aryl methyl sites for hydroxylation is 2. The van der Waals surface area contributed by atoms with E-state index in [1.54, 1.807) is 0 Å². The Hall–Kier alpha value is -1.12. The van der Waals surface area contributed by atoms with Gasteiger partial charge in [-0.05, 0) is 48.7 Å². The lowest BCUT2D eigenvalue weighted by Crippen LogP contribution is -2.05. The van der Waals surface area contributed by atoms with E-state index in [-0.39, 0.29) is 5.78 Å². The summed E-state index contributed by atoms with van der Waals surface area (Å²) >= 11 is 9.60. The molecule has 2 rings (SSSR count). The molecule has 0 amide bonds. The zero-order valence-corrected chi connectivity index (χ0v) is 13.2. The first-order chi connectivity index (χ1) is 8.97. The molecule has 0 N–H and O–H groups in total. The Kier molecular flexibility index (Phi) is 4.43. The maximum absolute atomic E-state index is 12.3. The van der Waals surface area contributed by atoms with Gasteiger partial charge in [-0.3, -0.25) is 4.79 Å². The van der Waals surface area contributed by atoms with Crippen LogP contribution < -0.4 is 0 Å². The first kappa shape index (κ1) is 14.3. The van der Waals surface area contributed by atoms with E-state index in [0.29, 0.717) is 17.0 Å². The van der Waals surface area contributed by atoms with Crippen molar-refractivity contribution in [3.8, 4) is 0 Å². The van der Waals surface area contributed by atoms with Crippen LogP contribution in [0.4, 0.5) is 0 Å². The average Bonchev–Trinajstić information content (AvgIpc) is 2.32. The van der Waals surface area contributed by atoms with Gasteiger partial charge in [-0.1, -0.05) is 45.7 Å². The molecule has 0 fully saturated rings. The summed E-state index contributed by atoms with van der Waals surface area (Å²) in [4.78, 5) is 12.3. The maximum atomic E-state index is 12.3. The second-order valence-electron chi connectivity index (χ2n) is 4.68. The van der Waals surface area contributed by atoms with Crippen molar-refractivity contribution in [2.24, 2.45) is 0 Å². The molecule has 0 aromatic heterocycles. The van der Waals surface area contributed by atoms with Gasteiger partial charge in [0.1, 0.15) is 0 Å². The van der Waals surface area contributed by atoms with Gasteiger partial charge in [-0.25, -0.2) is 0 Å². The van der Waals surface area contributed by atoms with Crippen molar-refractivity contribution in [3.63, 3.8) is 0 Å². The number of hydrogen-bond donors (Lipinski definition) is 0. The van der Waals surface area contributed by atoms with Crippen molar-refractivity contribution < 1.29 is 4.79 Å². The molecule has 98 valence electrons. The minimum Gasteiger partial charge on any atom is -0.294 e.